The molecule has 2 aromatic carbocycles. The average molecular weight is 1160 g/mol. The number of aromatic carboxylic acids is 1. The van der Waals surface area contributed by atoms with Crippen LogP contribution in [0.5, 0.6) is 0 Å². The van der Waals surface area contributed by atoms with Crippen molar-refractivity contribution in [1.29, 1.82) is 5.41 Å². The van der Waals surface area contributed by atoms with Crippen LogP contribution in [0.2, 0.25) is 0 Å². The summed E-state index contributed by atoms with van der Waals surface area (Å²) >= 11 is -2.18. The second-order valence-electron chi connectivity index (χ2n) is 22.9. The Hall–Kier alpha value is -7.14. The fourth-order valence-electron chi connectivity index (χ4n) is 12.1. The molecule has 4 aliphatic rings. The van der Waals surface area contributed by atoms with E-state index in [1.165, 1.54) is 34.4 Å². The number of nitrogens with one attached hydrogen (secondary N) is 5. The van der Waals surface area contributed by atoms with Crippen LogP contribution in [0, 0.1) is 22.2 Å². The molecule has 7 atom stereocenters. The van der Waals surface area contributed by atoms with Crippen molar-refractivity contribution >= 4 is 70.3 Å². The predicted molar refractivity (Wildman–Crippen MR) is 316 cm³/mol. The third kappa shape index (κ3) is 16.4. The maximum Gasteiger partial charge on any atom is 0.410 e. The number of pyridine rings is 1. The summed E-state index contributed by atoms with van der Waals surface area (Å²) in [5, 5.41) is 30.7. The number of amides is 6. The van der Waals surface area contributed by atoms with Gasteiger partial charge < -0.3 is 55.6 Å². The highest BCUT2D eigenvalue weighted by Crippen LogP contribution is 2.66. The first-order chi connectivity index (χ1) is 39.6. The third-order valence-electron chi connectivity index (χ3n) is 16.4. The Labute approximate surface area is 488 Å². The number of hydrogen-bond acceptors (Lipinski definition) is 14. The first kappa shape index (κ1) is 63.4. The Bertz CT molecular complexity index is 2950. The average Bonchev–Trinajstić information content (AvgIpc) is 1.78. The molecular weight excluding hydrogens is 1080 g/mol. The highest BCUT2D eigenvalue weighted by atomic mass is 32.2. The molecule has 83 heavy (non-hydrogen) atoms. The van der Waals surface area contributed by atoms with E-state index < -0.39 is 46.9 Å². The zero-order chi connectivity index (χ0) is 60.0. The second kappa shape index (κ2) is 28.9. The lowest BCUT2D eigenvalue weighted by atomic mass is 9.49. The van der Waals surface area contributed by atoms with E-state index in [2.05, 4.69) is 70.3 Å². The van der Waals surface area contributed by atoms with E-state index in [4.69, 9.17) is 14.9 Å². The summed E-state index contributed by atoms with van der Waals surface area (Å²) in [6.07, 6.45) is 12.4. The Balaban J connectivity index is 0.867. The van der Waals surface area contributed by atoms with Gasteiger partial charge in [0.2, 0.25) is 17.7 Å². The van der Waals surface area contributed by atoms with Gasteiger partial charge in [0.05, 0.1) is 30.7 Å². The zero-order valence-corrected chi connectivity index (χ0v) is 49.3. The number of hydrogen-bond donors (Lipinski definition) is 7. The number of fused-ring (bicyclic) bond motifs is 2. The standard InChI is InChI=1S/C61H81N9O12S/c1-7-24-60(5)37-61(38-64-40(4)47(34-62)46-20-21-48(66-56(46)58(76)77)43-17-16-42-12-11-25-68(6)49(42)31-43)33-45(32-50(60)61)81-29-27-69(28-30-83(79)80)59(78)82-36-41-14-18-44(19-15-41)65-52(72)35-63-57(75)55(39(2)3)67-51(71)13-9-8-10-26-70-53(73)22-23-54(70)74/h14-23,31-32,34,39-40,45,47,55,62,64H,7-13,24-30,33,35-38H2,1-6H3,(H,63,75)(H,65,72)(H,67,71)(H,76,77)(H,79,80). The number of ether oxygens (including phenoxy) is 2. The molecule has 2 aliphatic heterocycles. The molecule has 21 nitrogen and oxygen atoms in total. The quantitative estimate of drug-likeness (QED) is 0.0112. The van der Waals surface area contributed by atoms with Crippen molar-refractivity contribution in [3.05, 3.63) is 101 Å². The van der Waals surface area contributed by atoms with Gasteiger partial charge in [0, 0.05) is 98.9 Å². The van der Waals surface area contributed by atoms with Crippen molar-refractivity contribution in [2.24, 2.45) is 16.7 Å². The van der Waals surface area contributed by atoms with Gasteiger partial charge in [-0.3, -0.25) is 28.9 Å². The molecule has 1 fully saturated rings. The molecule has 3 heterocycles. The number of imide groups is 1. The summed E-state index contributed by atoms with van der Waals surface area (Å²) in [7, 11) is 2.06. The molecule has 0 spiro atoms. The molecule has 0 saturated heterocycles. The molecule has 7 unspecified atom stereocenters. The first-order valence-corrected chi connectivity index (χ1v) is 30.1. The van der Waals surface area contributed by atoms with Crippen LogP contribution in [0.15, 0.2) is 78.4 Å². The molecule has 22 heteroatoms. The number of aromatic nitrogens is 1. The van der Waals surface area contributed by atoms with E-state index in [0.717, 1.165) is 54.8 Å². The molecule has 1 aromatic heterocycles. The Kier molecular flexibility index (Phi) is 22.1. The summed E-state index contributed by atoms with van der Waals surface area (Å²) < 4.78 is 33.5. The smallest absolute Gasteiger partial charge is 0.410 e. The third-order valence-corrected chi connectivity index (χ3v) is 16.9. The molecule has 7 N–H and O–H groups in total. The van der Waals surface area contributed by atoms with Gasteiger partial charge in [0.25, 0.3) is 11.8 Å². The number of rotatable bonds is 31. The SMILES string of the molecule is CCCC1(C)CC2(CNC(C)C(C=N)c3ccc(-c4ccc5c(c4)N(C)CCC5)nc3C(=O)O)CC(OCCN(CCS(=O)O)C(=O)OCc3ccc(NC(=O)CNC(=O)C(NC(=O)CCCCCN4C(=O)C=CC4=O)C(C)C)cc3)C=C12. The van der Waals surface area contributed by atoms with E-state index in [1.807, 2.05) is 19.1 Å². The monoisotopic (exact) mass is 1160 g/mol. The maximum absolute atomic E-state index is 13.5. The van der Waals surface area contributed by atoms with Gasteiger partial charge >= 0.3 is 12.1 Å². The number of benzene rings is 2. The number of anilines is 2. The van der Waals surface area contributed by atoms with Gasteiger partial charge in [-0.15, -0.1) is 0 Å². The Morgan fingerprint density at radius 3 is 2.42 bits per heavy atom. The van der Waals surface area contributed by atoms with E-state index in [-0.39, 0.29) is 104 Å². The fraction of sp³-hybridized carbons (Fsp3) is 0.525. The van der Waals surface area contributed by atoms with E-state index in [0.29, 0.717) is 54.7 Å². The molecule has 7 rings (SSSR count). The van der Waals surface area contributed by atoms with Gasteiger partial charge in [-0.25, -0.2) is 18.8 Å². The highest BCUT2D eigenvalue weighted by molar-refractivity contribution is 7.79. The topological polar surface area (TPSA) is 290 Å². The van der Waals surface area contributed by atoms with Crippen molar-refractivity contribution in [2.45, 2.75) is 130 Å². The minimum absolute atomic E-state index is 0.0341. The number of carboxylic acid groups (broad SMARTS) is 1. The van der Waals surface area contributed by atoms with E-state index in [9.17, 15) is 47.4 Å². The summed E-state index contributed by atoms with van der Waals surface area (Å²) in [5.74, 6) is -4.26. The van der Waals surface area contributed by atoms with Crippen LogP contribution in [0.3, 0.4) is 0 Å². The summed E-state index contributed by atoms with van der Waals surface area (Å²) in [6.45, 7) is 11.4. The van der Waals surface area contributed by atoms with Crippen LogP contribution < -0.4 is 26.2 Å². The fourth-order valence-corrected chi connectivity index (χ4v) is 12.5. The maximum atomic E-state index is 13.5. The molecule has 0 radical (unpaired) electrons. The minimum Gasteiger partial charge on any atom is -0.477 e. The minimum atomic E-state index is -2.18. The Morgan fingerprint density at radius 2 is 1.73 bits per heavy atom. The largest absolute Gasteiger partial charge is 0.477 e. The van der Waals surface area contributed by atoms with Crippen LogP contribution in [0.25, 0.3) is 11.3 Å². The summed E-state index contributed by atoms with van der Waals surface area (Å²) in [4.78, 5) is 97.6. The molecule has 2 aliphatic carbocycles. The summed E-state index contributed by atoms with van der Waals surface area (Å²) in [5.41, 5.74) is 6.20. The molecule has 0 bridgehead atoms. The van der Waals surface area contributed by atoms with Gasteiger partial charge in [-0.2, -0.15) is 0 Å². The van der Waals surface area contributed by atoms with Gasteiger partial charge in [-0.1, -0.05) is 82.5 Å². The van der Waals surface area contributed by atoms with Crippen LogP contribution in [-0.4, -0.2) is 153 Å². The van der Waals surface area contributed by atoms with Crippen molar-refractivity contribution in [3.63, 3.8) is 0 Å². The highest BCUT2D eigenvalue weighted by Gasteiger charge is 2.59. The first-order valence-electron chi connectivity index (χ1n) is 28.8. The van der Waals surface area contributed by atoms with Crippen LogP contribution in [-0.2, 0) is 57.6 Å². The van der Waals surface area contributed by atoms with Crippen molar-refractivity contribution < 1.29 is 56.9 Å². The van der Waals surface area contributed by atoms with Gasteiger partial charge in [-0.05, 0) is 104 Å². The number of carbonyl (C=O) groups excluding carboxylic acids is 6. The lowest BCUT2D eigenvalue weighted by Gasteiger charge is -2.56. The molecule has 3 aromatic rings. The number of unbranched alkanes of at least 4 members (excludes halogenated alkanes) is 2. The zero-order valence-electron chi connectivity index (χ0n) is 48.5. The lowest BCUT2D eigenvalue weighted by molar-refractivity contribution is -0.137. The Morgan fingerprint density at radius 1 is 0.988 bits per heavy atom. The molecule has 448 valence electrons. The van der Waals surface area contributed by atoms with Crippen LogP contribution in [0.1, 0.15) is 126 Å². The molecule has 6 amide bonds. The summed E-state index contributed by atoms with van der Waals surface area (Å²) in [6, 6.07) is 15.1. The van der Waals surface area contributed by atoms with Crippen LogP contribution in [0.4, 0.5) is 16.2 Å². The molecular formula is C61H81N9O12S. The lowest BCUT2D eigenvalue weighted by Crippen LogP contribution is -2.53. The van der Waals surface area contributed by atoms with Gasteiger partial charge in [0.1, 0.15) is 12.6 Å². The number of aryl methyl sites for hydroxylation is 1. The van der Waals surface area contributed by atoms with Gasteiger partial charge in [0.15, 0.2) is 16.8 Å². The van der Waals surface area contributed by atoms with Crippen molar-refractivity contribution in [2.75, 3.05) is 68.9 Å². The number of carboxylic acids is 1. The number of carbonyl (C=O) groups is 7. The second-order valence-corrected chi connectivity index (χ2v) is 24.0. The van der Waals surface area contributed by atoms with E-state index in [1.54, 1.807) is 44.2 Å². The van der Waals surface area contributed by atoms with E-state index >= 15 is 0 Å². The molecule has 1 saturated carbocycles. The predicted octanol–water partition coefficient (Wildman–Crippen LogP) is 6.99. The van der Waals surface area contributed by atoms with Crippen molar-refractivity contribution in [1.82, 2.24) is 30.7 Å². The number of nitrogens with zero attached hydrogens (tertiary/aromatic N) is 4. The van der Waals surface area contributed by atoms with Crippen LogP contribution >= 0.6 is 0 Å². The normalized spacial score (nSPS) is 20.3. The van der Waals surface area contributed by atoms with Crippen molar-refractivity contribution in [3.8, 4) is 11.3 Å².